The molecule has 2 aliphatic heterocycles. The maximum absolute atomic E-state index is 5.98. The van der Waals surface area contributed by atoms with Crippen LogP contribution in [-0.4, -0.2) is 12.7 Å². The van der Waals surface area contributed by atoms with Gasteiger partial charge in [0, 0.05) is 11.4 Å². The summed E-state index contributed by atoms with van der Waals surface area (Å²) in [6.07, 6.45) is 2.98. The third-order valence-electron chi connectivity index (χ3n) is 4.02. The quantitative estimate of drug-likeness (QED) is 0.834. The van der Waals surface area contributed by atoms with Gasteiger partial charge in [0.05, 0.1) is 11.9 Å². The van der Waals surface area contributed by atoms with E-state index in [-0.39, 0.29) is 0 Å². The maximum atomic E-state index is 5.98. The van der Waals surface area contributed by atoms with Crippen LogP contribution in [0.3, 0.4) is 0 Å². The molecule has 2 aromatic rings. The Hall–Kier alpha value is -1.65. The number of nitrogens with zero attached hydrogens (tertiary/aromatic N) is 1. The summed E-state index contributed by atoms with van der Waals surface area (Å²) >= 11 is 1.72. The minimum Gasteiger partial charge on any atom is -0.457 e. The summed E-state index contributed by atoms with van der Waals surface area (Å²) < 4.78 is 9.50. The zero-order chi connectivity index (χ0) is 14.2. The van der Waals surface area contributed by atoms with Crippen molar-refractivity contribution in [3.05, 3.63) is 48.0 Å². The predicted molar refractivity (Wildman–Crippen MR) is 87.1 cm³/mol. The second-order valence-corrected chi connectivity index (χ2v) is 6.50. The maximum Gasteiger partial charge on any atom is 0.128 e. The van der Waals surface area contributed by atoms with Crippen LogP contribution in [0.15, 0.2) is 47.4 Å². The van der Waals surface area contributed by atoms with Gasteiger partial charge >= 0.3 is 0 Å². The number of ether oxygens (including phenoxy) is 1. The number of hydrogen-bond acceptors (Lipinski definition) is 4. The minimum atomic E-state index is 0.492. The Balaban J connectivity index is 1.61. The molecule has 1 atom stereocenters. The highest BCUT2D eigenvalue weighted by molar-refractivity contribution is 7.97. The average molecular weight is 298 g/mol. The molecular formula is C17H18N2OS. The van der Waals surface area contributed by atoms with Crippen LogP contribution in [0.5, 0.6) is 11.5 Å². The van der Waals surface area contributed by atoms with Crippen molar-refractivity contribution in [3.63, 3.8) is 0 Å². The largest absolute Gasteiger partial charge is 0.457 e. The molecule has 108 valence electrons. The Morgan fingerprint density at radius 2 is 2.10 bits per heavy atom. The van der Waals surface area contributed by atoms with Gasteiger partial charge in [-0.2, -0.15) is 0 Å². The Labute approximate surface area is 129 Å². The van der Waals surface area contributed by atoms with Crippen LogP contribution in [0, 0.1) is 6.92 Å². The molecule has 0 aromatic heterocycles. The van der Waals surface area contributed by atoms with E-state index in [2.05, 4.69) is 46.9 Å². The lowest BCUT2D eigenvalue weighted by molar-refractivity contribution is 0.480. The fraction of sp³-hybridized carbons (Fsp3) is 0.294. The van der Waals surface area contributed by atoms with Gasteiger partial charge in [-0.3, -0.25) is 0 Å². The van der Waals surface area contributed by atoms with Gasteiger partial charge in [0.15, 0.2) is 0 Å². The van der Waals surface area contributed by atoms with Crippen molar-refractivity contribution in [1.29, 1.82) is 0 Å². The Bertz CT molecular complexity index is 674. The molecule has 2 aliphatic rings. The average Bonchev–Trinajstić information content (AvgIpc) is 2.96. The second kappa shape index (κ2) is 5.28. The van der Waals surface area contributed by atoms with Crippen molar-refractivity contribution in [3.8, 4) is 11.5 Å². The van der Waals surface area contributed by atoms with Crippen LogP contribution in [0.25, 0.3) is 0 Å². The number of fused-ring (bicyclic) bond motifs is 3. The van der Waals surface area contributed by atoms with E-state index in [1.54, 1.807) is 11.9 Å². The summed E-state index contributed by atoms with van der Waals surface area (Å²) in [5.41, 5.74) is 2.54. The first-order chi connectivity index (χ1) is 10.3. The molecule has 2 aromatic carbocycles. The van der Waals surface area contributed by atoms with Crippen LogP contribution >= 0.6 is 11.9 Å². The van der Waals surface area contributed by atoms with Crippen molar-refractivity contribution >= 4 is 17.6 Å². The van der Waals surface area contributed by atoms with Crippen LogP contribution in [-0.2, 0) is 0 Å². The van der Waals surface area contributed by atoms with E-state index in [1.807, 2.05) is 12.1 Å². The third-order valence-corrected chi connectivity index (χ3v) is 4.96. The molecule has 1 N–H and O–H groups in total. The van der Waals surface area contributed by atoms with E-state index < -0.39 is 0 Å². The van der Waals surface area contributed by atoms with E-state index in [9.17, 15) is 0 Å². The van der Waals surface area contributed by atoms with Crippen molar-refractivity contribution in [2.75, 3.05) is 11.4 Å². The second-order valence-electron chi connectivity index (χ2n) is 5.62. The molecule has 1 unspecified atom stereocenters. The van der Waals surface area contributed by atoms with E-state index >= 15 is 0 Å². The lowest BCUT2D eigenvalue weighted by atomic mass is 10.2. The molecule has 0 radical (unpaired) electrons. The highest BCUT2D eigenvalue weighted by Crippen LogP contribution is 2.40. The van der Waals surface area contributed by atoms with Crippen LogP contribution in [0.1, 0.15) is 18.4 Å². The molecule has 1 fully saturated rings. The van der Waals surface area contributed by atoms with Gasteiger partial charge in [0.1, 0.15) is 11.5 Å². The van der Waals surface area contributed by atoms with E-state index in [4.69, 9.17) is 4.74 Å². The van der Waals surface area contributed by atoms with Gasteiger partial charge < -0.3 is 9.64 Å². The number of nitrogens with one attached hydrogen (secondary N) is 1. The number of hydrogen-bond donors (Lipinski definition) is 1. The van der Waals surface area contributed by atoms with Crippen molar-refractivity contribution in [2.24, 2.45) is 0 Å². The molecule has 3 nitrogen and oxygen atoms in total. The zero-order valence-corrected chi connectivity index (χ0v) is 12.8. The summed E-state index contributed by atoms with van der Waals surface area (Å²) in [5.74, 6) is 1.79. The topological polar surface area (TPSA) is 24.5 Å². The smallest absolute Gasteiger partial charge is 0.128 e. The SMILES string of the molecule is Cc1cccc(Oc2ccc3c(c2)SNC2CCCN32)c1. The van der Waals surface area contributed by atoms with Crippen LogP contribution in [0.4, 0.5) is 5.69 Å². The molecule has 0 amide bonds. The first-order valence-corrected chi connectivity index (χ1v) is 8.19. The van der Waals surface area contributed by atoms with Crippen molar-refractivity contribution in [1.82, 2.24) is 4.72 Å². The monoisotopic (exact) mass is 298 g/mol. The molecule has 4 rings (SSSR count). The van der Waals surface area contributed by atoms with Crippen LogP contribution in [0.2, 0.25) is 0 Å². The standard InChI is InChI=1S/C17H18N2OS/c1-12-4-2-5-13(10-12)20-14-7-8-15-16(11-14)21-18-17-6-3-9-19(15)17/h2,4-5,7-8,10-11,17-18H,3,6,9H2,1H3. The van der Waals surface area contributed by atoms with Gasteiger partial charge in [-0.05, 0) is 67.6 Å². The number of anilines is 1. The predicted octanol–water partition coefficient (Wildman–Crippen LogP) is 4.32. The minimum absolute atomic E-state index is 0.492. The van der Waals surface area contributed by atoms with E-state index in [0.717, 1.165) is 18.0 Å². The Morgan fingerprint density at radius 1 is 1.19 bits per heavy atom. The first kappa shape index (κ1) is 13.0. The molecule has 21 heavy (non-hydrogen) atoms. The van der Waals surface area contributed by atoms with Gasteiger partial charge in [0.25, 0.3) is 0 Å². The first-order valence-electron chi connectivity index (χ1n) is 7.37. The molecule has 0 spiro atoms. The van der Waals surface area contributed by atoms with E-state index in [0.29, 0.717) is 6.17 Å². The highest BCUT2D eigenvalue weighted by atomic mass is 32.2. The molecule has 0 bridgehead atoms. The Morgan fingerprint density at radius 3 is 3.00 bits per heavy atom. The van der Waals surface area contributed by atoms with Gasteiger partial charge in [-0.1, -0.05) is 12.1 Å². The lowest BCUT2D eigenvalue weighted by Crippen LogP contribution is -2.41. The molecule has 4 heteroatoms. The van der Waals surface area contributed by atoms with Gasteiger partial charge in [-0.25, -0.2) is 4.72 Å². The number of rotatable bonds is 2. The Kier molecular flexibility index (Phi) is 3.28. The summed E-state index contributed by atoms with van der Waals surface area (Å²) in [5, 5.41) is 0. The fourth-order valence-corrected chi connectivity index (χ4v) is 3.97. The number of aryl methyl sites for hydroxylation is 1. The van der Waals surface area contributed by atoms with Gasteiger partial charge in [0.2, 0.25) is 0 Å². The van der Waals surface area contributed by atoms with Crippen molar-refractivity contribution in [2.45, 2.75) is 30.8 Å². The summed E-state index contributed by atoms with van der Waals surface area (Å²) in [4.78, 5) is 3.71. The lowest BCUT2D eigenvalue weighted by Gasteiger charge is -2.33. The van der Waals surface area contributed by atoms with Crippen molar-refractivity contribution < 1.29 is 4.74 Å². The molecule has 0 saturated carbocycles. The molecule has 1 saturated heterocycles. The van der Waals surface area contributed by atoms with E-state index in [1.165, 1.54) is 29.0 Å². The summed E-state index contributed by atoms with van der Waals surface area (Å²) in [7, 11) is 0. The molecular weight excluding hydrogens is 280 g/mol. The van der Waals surface area contributed by atoms with Gasteiger partial charge in [-0.15, -0.1) is 0 Å². The normalized spacial score (nSPS) is 20.0. The molecule has 0 aliphatic carbocycles. The number of benzene rings is 2. The van der Waals surface area contributed by atoms with Crippen LogP contribution < -0.4 is 14.4 Å². The summed E-state index contributed by atoms with van der Waals surface area (Å²) in [6, 6.07) is 14.5. The third kappa shape index (κ3) is 2.49. The fourth-order valence-electron chi connectivity index (χ4n) is 3.00. The summed E-state index contributed by atoms with van der Waals surface area (Å²) in [6.45, 7) is 3.22. The molecule has 2 heterocycles. The zero-order valence-electron chi connectivity index (χ0n) is 12.0. The highest BCUT2D eigenvalue weighted by Gasteiger charge is 2.30.